The molecule has 0 unspecified atom stereocenters. The van der Waals surface area contributed by atoms with Crippen LogP contribution in [-0.4, -0.2) is 22.5 Å². The molecule has 0 bridgehead atoms. The maximum atomic E-state index is 11.5. The van der Waals surface area contributed by atoms with E-state index in [1.54, 1.807) is 36.0 Å². The minimum atomic E-state index is 0.0289. The van der Waals surface area contributed by atoms with Gasteiger partial charge in [-0.15, -0.1) is 0 Å². The zero-order valence-corrected chi connectivity index (χ0v) is 10.9. The van der Waals surface area contributed by atoms with Crippen molar-refractivity contribution in [2.24, 2.45) is 0 Å². The summed E-state index contributed by atoms with van der Waals surface area (Å²) in [7, 11) is 0. The molecule has 0 radical (unpaired) electrons. The number of hydrogen-bond donors (Lipinski definition) is 2. The minimum absolute atomic E-state index is 0.0289. The van der Waals surface area contributed by atoms with Crippen LogP contribution in [0.15, 0.2) is 24.3 Å². The van der Waals surface area contributed by atoms with E-state index in [-0.39, 0.29) is 12.5 Å². The second-order valence-corrected chi connectivity index (χ2v) is 4.91. The molecule has 1 amide bonds. The van der Waals surface area contributed by atoms with Crippen molar-refractivity contribution in [1.29, 1.82) is 0 Å². The third-order valence-corrected chi connectivity index (χ3v) is 3.34. The van der Waals surface area contributed by atoms with Gasteiger partial charge < -0.3 is 10.4 Å². The van der Waals surface area contributed by atoms with Gasteiger partial charge in [0.1, 0.15) is 0 Å². The lowest BCUT2D eigenvalue weighted by molar-refractivity contribution is -0.113. The number of anilines is 1. The van der Waals surface area contributed by atoms with E-state index in [2.05, 4.69) is 12.2 Å². The van der Waals surface area contributed by atoms with Crippen LogP contribution < -0.4 is 5.32 Å². The monoisotopic (exact) mass is 253 g/mol. The molecular formula is C13H19NO2S. The molecule has 4 heteroatoms. The lowest BCUT2D eigenvalue weighted by Crippen LogP contribution is -2.14. The highest BCUT2D eigenvalue weighted by Gasteiger charge is 2.02. The Morgan fingerprint density at radius 2 is 2.06 bits per heavy atom. The first-order chi connectivity index (χ1) is 8.26. The standard InChI is InChI=1S/C13H19NO2S/c1-2-3-8-17-10-13(16)14-12-6-4-11(9-15)5-7-12/h4-7,15H,2-3,8-10H2,1H3,(H,14,16). The van der Waals surface area contributed by atoms with E-state index < -0.39 is 0 Å². The van der Waals surface area contributed by atoms with E-state index in [9.17, 15) is 4.79 Å². The summed E-state index contributed by atoms with van der Waals surface area (Å²) >= 11 is 1.66. The Bertz CT molecular complexity index is 338. The average molecular weight is 253 g/mol. The van der Waals surface area contributed by atoms with Crippen molar-refractivity contribution in [2.45, 2.75) is 26.4 Å². The number of hydrogen-bond acceptors (Lipinski definition) is 3. The Morgan fingerprint density at radius 3 is 2.65 bits per heavy atom. The Kier molecular flexibility index (Phi) is 6.74. The van der Waals surface area contributed by atoms with Gasteiger partial charge in [-0.2, -0.15) is 11.8 Å². The fourth-order valence-corrected chi connectivity index (χ4v) is 2.20. The van der Waals surface area contributed by atoms with Gasteiger partial charge >= 0.3 is 0 Å². The molecule has 0 saturated heterocycles. The van der Waals surface area contributed by atoms with Gasteiger partial charge in [-0.05, 0) is 29.9 Å². The van der Waals surface area contributed by atoms with Crippen molar-refractivity contribution in [3.8, 4) is 0 Å². The lowest BCUT2D eigenvalue weighted by atomic mass is 10.2. The van der Waals surface area contributed by atoms with Crippen LogP contribution in [0.1, 0.15) is 25.3 Å². The van der Waals surface area contributed by atoms with Crippen molar-refractivity contribution >= 4 is 23.4 Å². The van der Waals surface area contributed by atoms with Crippen molar-refractivity contribution in [3.63, 3.8) is 0 Å². The van der Waals surface area contributed by atoms with Crippen molar-refractivity contribution in [2.75, 3.05) is 16.8 Å². The van der Waals surface area contributed by atoms with Gasteiger partial charge in [0.05, 0.1) is 12.4 Å². The molecule has 2 N–H and O–H groups in total. The van der Waals surface area contributed by atoms with Gasteiger partial charge in [0.15, 0.2) is 0 Å². The van der Waals surface area contributed by atoms with Gasteiger partial charge in [0.25, 0.3) is 0 Å². The van der Waals surface area contributed by atoms with Gasteiger partial charge in [-0.1, -0.05) is 25.5 Å². The number of benzene rings is 1. The van der Waals surface area contributed by atoms with Crippen molar-refractivity contribution in [3.05, 3.63) is 29.8 Å². The molecule has 0 aromatic heterocycles. The third-order valence-electron chi connectivity index (χ3n) is 2.30. The summed E-state index contributed by atoms with van der Waals surface area (Å²) in [6, 6.07) is 7.22. The highest BCUT2D eigenvalue weighted by molar-refractivity contribution is 7.99. The highest BCUT2D eigenvalue weighted by atomic mass is 32.2. The Hall–Kier alpha value is -1.00. The molecule has 0 saturated carbocycles. The summed E-state index contributed by atoms with van der Waals surface area (Å²) in [5.41, 5.74) is 1.63. The van der Waals surface area contributed by atoms with Crippen LogP contribution in [0.2, 0.25) is 0 Å². The topological polar surface area (TPSA) is 49.3 Å². The first kappa shape index (κ1) is 14.1. The molecule has 0 fully saturated rings. The largest absolute Gasteiger partial charge is 0.392 e. The molecule has 0 heterocycles. The van der Waals surface area contributed by atoms with E-state index >= 15 is 0 Å². The summed E-state index contributed by atoms with van der Waals surface area (Å²) in [4.78, 5) is 11.5. The van der Waals surface area contributed by atoms with Crippen LogP contribution in [0.4, 0.5) is 5.69 Å². The number of thioether (sulfide) groups is 1. The fraction of sp³-hybridized carbons (Fsp3) is 0.462. The molecule has 1 aromatic carbocycles. The van der Waals surface area contributed by atoms with Crippen LogP contribution in [0.3, 0.4) is 0 Å². The number of amides is 1. The fourth-order valence-electron chi connectivity index (χ4n) is 1.30. The van der Waals surface area contributed by atoms with E-state index in [4.69, 9.17) is 5.11 Å². The summed E-state index contributed by atoms with van der Waals surface area (Å²) in [5.74, 6) is 1.57. The number of rotatable bonds is 7. The number of unbranched alkanes of at least 4 members (excludes halogenated alkanes) is 1. The summed E-state index contributed by atoms with van der Waals surface area (Å²) in [5, 5.41) is 11.7. The van der Waals surface area contributed by atoms with E-state index in [0.717, 1.165) is 29.8 Å². The van der Waals surface area contributed by atoms with Crippen LogP contribution in [-0.2, 0) is 11.4 Å². The molecule has 0 aliphatic carbocycles. The van der Waals surface area contributed by atoms with Crippen LogP contribution in [0, 0.1) is 0 Å². The molecule has 0 atom stereocenters. The zero-order valence-electron chi connectivity index (χ0n) is 10.1. The quantitative estimate of drug-likeness (QED) is 0.734. The van der Waals surface area contributed by atoms with Crippen LogP contribution in [0.25, 0.3) is 0 Å². The van der Waals surface area contributed by atoms with Crippen molar-refractivity contribution < 1.29 is 9.90 Å². The second-order valence-electron chi connectivity index (χ2n) is 3.81. The molecular weight excluding hydrogens is 234 g/mol. The number of aliphatic hydroxyl groups excluding tert-OH is 1. The number of nitrogens with one attached hydrogen (secondary N) is 1. The predicted octanol–water partition coefficient (Wildman–Crippen LogP) is 2.65. The third kappa shape index (κ3) is 5.75. The molecule has 0 spiro atoms. The number of carbonyl (C=O) groups is 1. The van der Waals surface area contributed by atoms with E-state index in [1.165, 1.54) is 0 Å². The Labute approximate surface area is 107 Å². The summed E-state index contributed by atoms with van der Waals surface area (Å²) in [6.45, 7) is 2.17. The van der Waals surface area contributed by atoms with Crippen molar-refractivity contribution in [1.82, 2.24) is 0 Å². The van der Waals surface area contributed by atoms with Gasteiger partial charge in [-0.3, -0.25) is 4.79 Å². The molecule has 17 heavy (non-hydrogen) atoms. The maximum Gasteiger partial charge on any atom is 0.234 e. The lowest BCUT2D eigenvalue weighted by Gasteiger charge is -2.05. The van der Waals surface area contributed by atoms with Gasteiger partial charge in [0.2, 0.25) is 5.91 Å². The highest BCUT2D eigenvalue weighted by Crippen LogP contribution is 2.11. The second kappa shape index (κ2) is 8.14. The maximum absolute atomic E-state index is 11.5. The molecule has 3 nitrogen and oxygen atoms in total. The van der Waals surface area contributed by atoms with Crippen LogP contribution >= 0.6 is 11.8 Å². The van der Waals surface area contributed by atoms with Gasteiger partial charge in [-0.25, -0.2) is 0 Å². The zero-order chi connectivity index (χ0) is 12.5. The Morgan fingerprint density at radius 1 is 1.35 bits per heavy atom. The average Bonchev–Trinajstić information content (AvgIpc) is 2.36. The first-order valence-corrected chi connectivity index (χ1v) is 6.99. The minimum Gasteiger partial charge on any atom is -0.392 e. The molecule has 1 rings (SSSR count). The molecule has 0 aliphatic heterocycles. The van der Waals surface area contributed by atoms with E-state index in [1.807, 2.05) is 0 Å². The SMILES string of the molecule is CCCCSCC(=O)Nc1ccc(CO)cc1. The summed E-state index contributed by atoms with van der Waals surface area (Å²) in [6.07, 6.45) is 2.32. The molecule has 94 valence electrons. The molecule has 0 aliphatic rings. The molecule has 1 aromatic rings. The normalized spacial score (nSPS) is 10.2. The summed E-state index contributed by atoms with van der Waals surface area (Å²) < 4.78 is 0. The van der Waals surface area contributed by atoms with Crippen LogP contribution in [0.5, 0.6) is 0 Å². The van der Waals surface area contributed by atoms with Gasteiger partial charge in [0, 0.05) is 5.69 Å². The smallest absolute Gasteiger partial charge is 0.234 e. The number of carbonyl (C=O) groups excluding carboxylic acids is 1. The van der Waals surface area contributed by atoms with E-state index in [0.29, 0.717) is 5.75 Å². The Balaban J connectivity index is 2.29. The predicted molar refractivity (Wildman–Crippen MR) is 73.2 cm³/mol. The first-order valence-electron chi connectivity index (χ1n) is 5.83. The number of aliphatic hydroxyl groups is 1.